The monoisotopic (exact) mass is 438 g/mol. The van der Waals surface area contributed by atoms with Crippen LogP contribution >= 0.6 is 35.7 Å². The molecule has 6 nitrogen and oxygen atoms in total. The lowest BCUT2D eigenvalue weighted by Crippen LogP contribution is -2.43. The van der Waals surface area contributed by atoms with E-state index in [9.17, 15) is 0 Å². The van der Waals surface area contributed by atoms with Gasteiger partial charge in [-0.2, -0.15) is 11.8 Å². The van der Waals surface area contributed by atoms with Crippen molar-refractivity contribution in [3.63, 3.8) is 0 Å². The van der Waals surface area contributed by atoms with Gasteiger partial charge >= 0.3 is 0 Å². The maximum absolute atomic E-state index is 4.29. The zero-order chi connectivity index (χ0) is 15.3. The van der Waals surface area contributed by atoms with E-state index in [4.69, 9.17) is 0 Å². The van der Waals surface area contributed by atoms with E-state index in [1.165, 1.54) is 12.8 Å². The molecule has 0 aromatic carbocycles. The standard InChI is InChI=1S/C14H26N6S.HI/c1-14(2,21-4)10-17-13(15-3)16-9-12-19-18-11-7-5-6-8-20(11)12;/h5-10H2,1-4H3,(H2,15,16,17);1H. The predicted molar refractivity (Wildman–Crippen MR) is 104 cm³/mol. The van der Waals surface area contributed by atoms with Crippen LogP contribution in [0, 0.1) is 0 Å². The van der Waals surface area contributed by atoms with Crippen molar-refractivity contribution in [3.05, 3.63) is 11.6 Å². The number of fused-ring (bicyclic) bond motifs is 1. The van der Waals surface area contributed by atoms with Gasteiger partial charge in [0.05, 0.1) is 6.54 Å². The molecule has 0 unspecified atom stereocenters. The number of aromatic nitrogens is 3. The van der Waals surface area contributed by atoms with E-state index in [0.29, 0.717) is 6.54 Å². The number of rotatable bonds is 5. The third-order valence-electron chi connectivity index (χ3n) is 3.81. The molecule has 0 bridgehead atoms. The smallest absolute Gasteiger partial charge is 0.191 e. The Morgan fingerprint density at radius 2 is 2.09 bits per heavy atom. The predicted octanol–water partition coefficient (Wildman–Crippen LogP) is 2.04. The first-order chi connectivity index (χ1) is 10.1. The third kappa shape index (κ3) is 5.29. The molecule has 2 rings (SSSR count). The van der Waals surface area contributed by atoms with Gasteiger partial charge in [-0.1, -0.05) is 0 Å². The molecule has 1 aromatic rings. The minimum Gasteiger partial charge on any atom is -0.355 e. The molecule has 0 radical (unpaired) electrons. The van der Waals surface area contributed by atoms with Crippen LogP contribution in [0.4, 0.5) is 0 Å². The number of hydrogen-bond acceptors (Lipinski definition) is 4. The number of thioether (sulfide) groups is 1. The average molecular weight is 438 g/mol. The van der Waals surface area contributed by atoms with Gasteiger partial charge in [-0.15, -0.1) is 34.2 Å². The zero-order valence-electron chi connectivity index (χ0n) is 13.8. The molecule has 126 valence electrons. The van der Waals surface area contributed by atoms with Gasteiger partial charge in [0.1, 0.15) is 5.82 Å². The average Bonchev–Trinajstić information content (AvgIpc) is 2.91. The molecular weight excluding hydrogens is 411 g/mol. The van der Waals surface area contributed by atoms with Crippen LogP contribution in [0.25, 0.3) is 0 Å². The quantitative estimate of drug-likeness (QED) is 0.419. The Kier molecular flexibility index (Phi) is 7.95. The Bertz CT molecular complexity index is 500. The molecule has 0 aliphatic carbocycles. The molecule has 1 aliphatic heterocycles. The lowest BCUT2D eigenvalue weighted by Gasteiger charge is -2.23. The van der Waals surface area contributed by atoms with Gasteiger partial charge in [0.15, 0.2) is 11.8 Å². The van der Waals surface area contributed by atoms with Gasteiger partial charge in [0, 0.05) is 31.3 Å². The molecule has 2 heterocycles. The SMILES string of the molecule is CN=C(NCc1nnc2n1CCCC2)NCC(C)(C)SC.I. The second kappa shape index (κ2) is 8.95. The summed E-state index contributed by atoms with van der Waals surface area (Å²) < 4.78 is 2.42. The van der Waals surface area contributed by atoms with Crippen molar-refractivity contribution in [2.75, 3.05) is 19.8 Å². The Labute approximate surface area is 154 Å². The largest absolute Gasteiger partial charge is 0.355 e. The van der Waals surface area contributed by atoms with Crippen LogP contribution in [0.2, 0.25) is 0 Å². The van der Waals surface area contributed by atoms with E-state index in [1.54, 1.807) is 7.05 Å². The minimum atomic E-state index is 0. The fourth-order valence-electron chi connectivity index (χ4n) is 2.25. The molecule has 22 heavy (non-hydrogen) atoms. The summed E-state index contributed by atoms with van der Waals surface area (Å²) in [5.74, 6) is 2.92. The van der Waals surface area contributed by atoms with Gasteiger partial charge in [-0.05, 0) is 32.9 Å². The lowest BCUT2D eigenvalue weighted by molar-refractivity contribution is 0.504. The maximum atomic E-state index is 4.29. The van der Waals surface area contributed by atoms with Gasteiger partial charge in [0.25, 0.3) is 0 Å². The van der Waals surface area contributed by atoms with Crippen molar-refractivity contribution in [2.45, 2.75) is 50.9 Å². The summed E-state index contributed by atoms with van der Waals surface area (Å²) in [6.07, 6.45) is 5.60. The van der Waals surface area contributed by atoms with Crippen molar-refractivity contribution < 1.29 is 0 Å². The van der Waals surface area contributed by atoms with Crippen LogP contribution in [0.5, 0.6) is 0 Å². The highest BCUT2D eigenvalue weighted by Gasteiger charge is 2.17. The number of aryl methyl sites for hydroxylation is 1. The summed E-state index contributed by atoms with van der Waals surface area (Å²) >= 11 is 1.84. The molecule has 0 fully saturated rings. The highest BCUT2D eigenvalue weighted by atomic mass is 127. The summed E-state index contributed by atoms with van der Waals surface area (Å²) in [7, 11) is 1.79. The summed E-state index contributed by atoms with van der Waals surface area (Å²) in [5, 5.41) is 15.2. The van der Waals surface area contributed by atoms with Crippen LogP contribution in [-0.4, -0.2) is 45.3 Å². The van der Waals surface area contributed by atoms with Crippen molar-refractivity contribution in [2.24, 2.45) is 4.99 Å². The van der Waals surface area contributed by atoms with Crippen LogP contribution in [0.15, 0.2) is 4.99 Å². The second-order valence-electron chi connectivity index (χ2n) is 5.88. The number of nitrogens with zero attached hydrogens (tertiary/aromatic N) is 4. The van der Waals surface area contributed by atoms with Crippen molar-refractivity contribution >= 4 is 41.7 Å². The van der Waals surface area contributed by atoms with Gasteiger partial charge in [-0.25, -0.2) is 0 Å². The molecule has 0 saturated carbocycles. The number of nitrogens with one attached hydrogen (secondary N) is 2. The van der Waals surface area contributed by atoms with Crippen molar-refractivity contribution in [1.29, 1.82) is 0 Å². The molecule has 0 spiro atoms. The Balaban J connectivity index is 0.00000242. The number of guanidine groups is 1. The summed E-state index contributed by atoms with van der Waals surface area (Å²) in [6.45, 7) is 6.99. The molecule has 0 saturated heterocycles. The molecule has 1 aromatic heterocycles. The maximum Gasteiger partial charge on any atom is 0.191 e. The highest BCUT2D eigenvalue weighted by molar-refractivity contribution is 14.0. The first-order valence-corrected chi connectivity index (χ1v) is 8.69. The fraction of sp³-hybridized carbons (Fsp3) is 0.786. The minimum absolute atomic E-state index is 0. The summed E-state index contributed by atoms with van der Waals surface area (Å²) in [5.41, 5.74) is 0. The molecule has 2 N–H and O–H groups in total. The van der Waals surface area contributed by atoms with E-state index in [1.807, 2.05) is 11.8 Å². The Morgan fingerprint density at radius 3 is 2.77 bits per heavy atom. The van der Waals surface area contributed by atoms with E-state index < -0.39 is 0 Å². The van der Waals surface area contributed by atoms with Crippen LogP contribution < -0.4 is 10.6 Å². The first kappa shape index (κ1) is 19.5. The molecule has 0 atom stereocenters. The van der Waals surface area contributed by atoms with Crippen molar-refractivity contribution in [1.82, 2.24) is 25.4 Å². The van der Waals surface area contributed by atoms with Gasteiger partial charge in [0.2, 0.25) is 0 Å². The summed E-state index contributed by atoms with van der Waals surface area (Å²) in [6, 6.07) is 0. The Morgan fingerprint density at radius 1 is 1.32 bits per heavy atom. The molecule has 1 aliphatic rings. The zero-order valence-corrected chi connectivity index (χ0v) is 17.0. The Hall–Kier alpha value is -0.510. The molecule has 8 heteroatoms. The van der Waals surface area contributed by atoms with Gasteiger partial charge in [-0.3, -0.25) is 4.99 Å². The van der Waals surface area contributed by atoms with E-state index in [0.717, 1.165) is 37.1 Å². The van der Waals surface area contributed by atoms with E-state index in [2.05, 4.69) is 50.5 Å². The third-order valence-corrected chi connectivity index (χ3v) is 5.06. The number of aliphatic imine (C=N–C) groups is 1. The second-order valence-corrected chi connectivity index (χ2v) is 7.40. The van der Waals surface area contributed by atoms with Gasteiger partial charge < -0.3 is 15.2 Å². The first-order valence-electron chi connectivity index (χ1n) is 7.46. The fourth-order valence-corrected chi connectivity index (χ4v) is 2.47. The van der Waals surface area contributed by atoms with Crippen LogP contribution in [0.1, 0.15) is 38.3 Å². The molecule has 0 amide bonds. The van der Waals surface area contributed by atoms with Crippen molar-refractivity contribution in [3.8, 4) is 0 Å². The lowest BCUT2D eigenvalue weighted by atomic mass is 10.2. The van der Waals surface area contributed by atoms with Crippen LogP contribution in [-0.2, 0) is 19.5 Å². The summed E-state index contributed by atoms with van der Waals surface area (Å²) in [4.78, 5) is 4.26. The number of halogens is 1. The topological polar surface area (TPSA) is 67.1 Å². The van der Waals surface area contributed by atoms with E-state index in [-0.39, 0.29) is 28.7 Å². The highest BCUT2D eigenvalue weighted by Crippen LogP contribution is 2.19. The van der Waals surface area contributed by atoms with Crippen LogP contribution in [0.3, 0.4) is 0 Å². The normalized spacial score (nSPS) is 15.0. The van der Waals surface area contributed by atoms with E-state index >= 15 is 0 Å². The number of hydrogen-bond donors (Lipinski definition) is 2. The molecular formula is C14H27IN6S.